The average molecular weight is 468 g/mol. The smallest absolute Gasteiger partial charge is 0.0594 e. The number of morpholine rings is 1. The lowest BCUT2D eigenvalue weighted by atomic mass is 9.47. The molecule has 5 aliphatic rings. The lowest BCUT2D eigenvalue weighted by Gasteiger charge is -2.58. The average Bonchev–Trinajstić information content (AvgIpc) is 3.25. The van der Waals surface area contributed by atoms with E-state index in [2.05, 4.69) is 73.4 Å². The summed E-state index contributed by atoms with van der Waals surface area (Å²) in [6, 6.07) is 16.7. The van der Waals surface area contributed by atoms with Crippen molar-refractivity contribution >= 4 is 16.3 Å². The normalized spacial score (nSPS) is 39.4. The maximum atomic E-state index is 5.64. The molecule has 2 saturated carbocycles. The second kappa shape index (κ2) is 8.32. The van der Waals surface area contributed by atoms with Crippen LogP contribution in [0.15, 0.2) is 60.2 Å². The molecular weight excluding hydrogens is 426 g/mol. The first kappa shape index (κ1) is 22.3. The maximum Gasteiger partial charge on any atom is 0.0594 e. The summed E-state index contributed by atoms with van der Waals surface area (Å²) in [6.07, 6.45) is 14.8. The van der Waals surface area contributed by atoms with E-state index < -0.39 is 0 Å². The van der Waals surface area contributed by atoms with Crippen molar-refractivity contribution in [3.63, 3.8) is 0 Å². The van der Waals surface area contributed by atoms with Gasteiger partial charge in [-0.15, -0.1) is 0 Å². The van der Waals surface area contributed by atoms with E-state index in [9.17, 15) is 0 Å². The second-order valence-electron chi connectivity index (χ2n) is 12.7. The van der Waals surface area contributed by atoms with Crippen LogP contribution in [-0.2, 0) is 4.74 Å². The minimum Gasteiger partial charge on any atom is -0.379 e. The van der Waals surface area contributed by atoms with E-state index in [-0.39, 0.29) is 0 Å². The molecule has 1 saturated heterocycles. The monoisotopic (exact) mass is 467 g/mol. The molecule has 4 aliphatic carbocycles. The minimum absolute atomic E-state index is 0.330. The zero-order valence-corrected chi connectivity index (χ0v) is 21.6. The lowest BCUT2D eigenvalue weighted by Crippen LogP contribution is -2.52. The zero-order valence-electron chi connectivity index (χ0n) is 21.6. The van der Waals surface area contributed by atoms with Gasteiger partial charge in [0.25, 0.3) is 0 Å². The number of nitrogens with zero attached hydrogens (tertiary/aromatic N) is 1. The maximum absolute atomic E-state index is 5.64. The first-order chi connectivity index (χ1) is 17.1. The molecule has 0 aromatic heterocycles. The van der Waals surface area contributed by atoms with Crippen molar-refractivity contribution < 1.29 is 4.74 Å². The van der Waals surface area contributed by atoms with Gasteiger partial charge < -0.3 is 4.74 Å². The van der Waals surface area contributed by atoms with Crippen LogP contribution >= 0.6 is 0 Å². The van der Waals surface area contributed by atoms with Gasteiger partial charge in [-0.1, -0.05) is 68.0 Å². The molecule has 0 N–H and O–H groups in total. The number of allylic oxidation sites excluding steroid dienone is 3. The fourth-order valence-electron chi connectivity index (χ4n) is 9.27. The summed E-state index contributed by atoms with van der Waals surface area (Å²) in [4.78, 5) is 2.73. The number of benzene rings is 2. The SMILES string of the molecule is C[C@]12CC[C@@H](N3CCOCC3)CC1=CC[C@@H]1[C@@H]2CC[C@]2(C)C(c3ccc4ccccc4c3)=CC[C@@H]12. The Morgan fingerprint density at radius 1 is 0.829 bits per heavy atom. The van der Waals surface area contributed by atoms with Crippen LogP contribution in [0.1, 0.15) is 64.4 Å². The molecule has 2 aromatic carbocycles. The molecule has 2 nitrogen and oxygen atoms in total. The highest BCUT2D eigenvalue weighted by molar-refractivity contribution is 5.87. The molecule has 0 unspecified atom stereocenters. The number of ether oxygens (including phenoxy) is 1. The van der Waals surface area contributed by atoms with Crippen molar-refractivity contribution in [1.29, 1.82) is 0 Å². The quantitative estimate of drug-likeness (QED) is 0.424. The molecule has 0 bridgehead atoms. The Bertz CT molecular complexity index is 1190. The third-order valence-corrected chi connectivity index (χ3v) is 11.3. The minimum atomic E-state index is 0.330. The van der Waals surface area contributed by atoms with Crippen LogP contribution in [0.4, 0.5) is 0 Å². The predicted molar refractivity (Wildman–Crippen MR) is 145 cm³/mol. The Hall–Kier alpha value is -1.90. The Kier molecular flexibility index (Phi) is 5.30. The van der Waals surface area contributed by atoms with Gasteiger partial charge in [-0.25, -0.2) is 0 Å². The van der Waals surface area contributed by atoms with Gasteiger partial charge in [0.2, 0.25) is 0 Å². The molecule has 35 heavy (non-hydrogen) atoms. The van der Waals surface area contributed by atoms with Crippen LogP contribution in [0.25, 0.3) is 16.3 Å². The summed E-state index contributed by atoms with van der Waals surface area (Å²) < 4.78 is 5.64. The topological polar surface area (TPSA) is 12.5 Å². The molecule has 2 aromatic rings. The van der Waals surface area contributed by atoms with E-state index in [4.69, 9.17) is 4.74 Å². The Morgan fingerprint density at radius 3 is 2.49 bits per heavy atom. The van der Waals surface area contributed by atoms with Gasteiger partial charge in [0.15, 0.2) is 0 Å². The summed E-state index contributed by atoms with van der Waals surface area (Å²) in [6.45, 7) is 9.36. The Morgan fingerprint density at radius 2 is 1.63 bits per heavy atom. The predicted octanol–water partition coefficient (Wildman–Crippen LogP) is 7.50. The third-order valence-electron chi connectivity index (χ3n) is 11.3. The van der Waals surface area contributed by atoms with Crippen molar-refractivity contribution in [2.75, 3.05) is 26.3 Å². The van der Waals surface area contributed by atoms with Gasteiger partial charge in [-0.3, -0.25) is 4.90 Å². The van der Waals surface area contributed by atoms with Crippen molar-refractivity contribution in [3.05, 3.63) is 65.8 Å². The fourth-order valence-corrected chi connectivity index (χ4v) is 9.27. The van der Waals surface area contributed by atoms with Crippen LogP contribution in [0.5, 0.6) is 0 Å². The third kappa shape index (κ3) is 3.43. The molecule has 7 rings (SSSR count). The summed E-state index contributed by atoms with van der Waals surface area (Å²) in [5.41, 5.74) is 5.68. The van der Waals surface area contributed by atoms with Crippen LogP contribution in [0.3, 0.4) is 0 Å². The highest BCUT2D eigenvalue weighted by Crippen LogP contribution is 2.66. The standard InChI is InChI=1S/C33H41NO/c1-32-15-13-27(34-17-19-35-20-18-34)22-26(32)9-10-28-30-12-11-29(33(30,2)16-14-31(28)32)25-8-7-23-5-3-4-6-24(23)21-25/h3-9,11,21,27-28,30-31H,10,12-20,22H2,1-2H3/t27-,28+,30+,31+,32+,33-/m1/s1. The van der Waals surface area contributed by atoms with E-state index in [1.807, 2.05) is 5.57 Å². The fraction of sp³-hybridized carbons (Fsp3) is 0.576. The molecule has 3 fully saturated rings. The molecular formula is C33H41NO. The van der Waals surface area contributed by atoms with Gasteiger partial charge in [0.1, 0.15) is 0 Å². The first-order valence-corrected chi connectivity index (χ1v) is 14.3. The van der Waals surface area contributed by atoms with E-state index in [1.54, 1.807) is 5.57 Å². The van der Waals surface area contributed by atoms with Gasteiger partial charge in [-0.2, -0.15) is 0 Å². The number of hydrogen-bond donors (Lipinski definition) is 0. The van der Waals surface area contributed by atoms with E-state index in [1.165, 1.54) is 61.3 Å². The van der Waals surface area contributed by atoms with Crippen LogP contribution in [0, 0.1) is 28.6 Å². The molecule has 0 spiro atoms. The Labute approximate surface area is 211 Å². The van der Waals surface area contributed by atoms with Gasteiger partial charge in [0.05, 0.1) is 13.2 Å². The van der Waals surface area contributed by atoms with E-state index in [0.717, 1.165) is 50.1 Å². The number of rotatable bonds is 2. The molecule has 6 atom stereocenters. The van der Waals surface area contributed by atoms with Crippen molar-refractivity contribution in [3.8, 4) is 0 Å². The zero-order chi connectivity index (χ0) is 23.6. The largest absolute Gasteiger partial charge is 0.379 e. The van der Waals surface area contributed by atoms with Crippen LogP contribution in [0.2, 0.25) is 0 Å². The second-order valence-corrected chi connectivity index (χ2v) is 12.7. The van der Waals surface area contributed by atoms with Gasteiger partial charge in [0, 0.05) is 19.1 Å². The molecule has 1 heterocycles. The first-order valence-electron chi connectivity index (χ1n) is 14.3. The molecule has 0 amide bonds. The van der Waals surface area contributed by atoms with Crippen molar-refractivity contribution in [1.82, 2.24) is 4.90 Å². The van der Waals surface area contributed by atoms with Gasteiger partial charge in [-0.05, 0) is 102 Å². The molecule has 1 aliphatic heterocycles. The van der Waals surface area contributed by atoms with Crippen LogP contribution in [-0.4, -0.2) is 37.2 Å². The highest BCUT2D eigenvalue weighted by atomic mass is 16.5. The lowest BCUT2D eigenvalue weighted by molar-refractivity contribution is -0.0310. The number of hydrogen-bond acceptors (Lipinski definition) is 2. The molecule has 0 radical (unpaired) electrons. The summed E-state index contributed by atoms with van der Waals surface area (Å²) in [5, 5.41) is 2.73. The van der Waals surface area contributed by atoms with Crippen LogP contribution < -0.4 is 0 Å². The Balaban J connectivity index is 1.15. The van der Waals surface area contributed by atoms with Crippen molar-refractivity contribution in [2.24, 2.45) is 28.6 Å². The summed E-state index contributed by atoms with van der Waals surface area (Å²) in [5.74, 6) is 2.52. The van der Waals surface area contributed by atoms with Gasteiger partial charge >= 0.3 is 0 Å². The summed E-state index contributed by atoms with van der Waals surface area (Å²) >= 11 is 0. The van der Waals surface area contributed by atoms with E-state index in [0.29, 0.717) is 10.8 Å². The van der Waals surface area contributed by atoms with E-state index >= 15 is 0 Å². The highest BCUT2D eigenvalue weighted by Gasteiger charge is 2.57. The summed E-state index contributed by atoms with van der Waals surface area (Å²) in [7, 11) is 0. The number of fused-ring (bicyclic) bond motifs is 6. The molecule has 184 valence electrons. The molecule has 2 heteroatoms. The van der Waals surface area contributed by atoms with Crippen molar-refractivity contribution in [2.45, 2.75) is 64.8 Å².